The lowest BCUT2D eigenvalue weighted by Crippen LogP contribution is -2.21. The third-order valence-corrected chi connectivity index (χ3v) is 3.79. The number of esters is 1. The van der Waals surface area contributed by atoms with Gasteiger partial charge in [-0.05, 0) is 24.3 Å². The molecule has 3 rings (SSSR count). The van der Waals surface area contributed by atoms with Gasteiger partial charge in [0.25, 0.3) is 0 Å². The molecule has 31 heavy (non-hydrogen) atoms. The lowest BCUT2D eigenvalue weighted by molar-refractivity contribution is 0.0591. The summed E-state index contributed by atoms with van der Waals surface area (Å²) in [6.45, 7) is 0. The quantitative estimate of drug-likeness (QED) is 0.548. The van der Waals surface area contributed by atoms with Crippen LogP contribution in [0.4, 0.5) is 16.3 Å². The number of rotatable bonds is 7. The average Bonchev–Trinajstić information content (AvgIpc) is 2.79. The van der Waals surface area contributed by atoms with Gasteiger partial charge in [-0.1, -0.05) is 18.2 Å². The number of carbonyl (C=O) groups excluding carboxylic acids is 2. The van der Waals surface area contributed by atoms with E-state index in [0.29, 0.717) is 5.69 Å². The van der Waals surface area contributed by atoms with Crippen molar-refractivity contribution < 1.29 is 28.5 Å². The van der Waals surface area contributed by atoms with Crippen molar-refractivity contribution in [2.45, 2.75) is 0 Å². The van der Waals surface area contributed by atoms with Crippen LogP contribution in [0.15, 0.2) is 48.5 Å². The summed E-state index contributed by atoms with van der Waals surface area (Å²) in [5, 5.41) is 5.19. The molecule has 2 amide bonds. The largest absolute Gasteiger partial charge is 0.481 e. The van der Waals surface area contributed by atoms with Crippen LogP contribution >= 0.6 is 0 Å². The van der Waals surface area contributed by atoms with E-state index >= 15 is 0 Å². The van der Waals surface area contributed by atoms with Crippen LogP contribution in [-0.4, -0.2) is 48.3 Å². The van der Waals surface area contributed by atoms with Gasteiger partial charge >= 0.3 is 18.0 Å². The molecule has 3 aromatic rings. The molecule has 2 aromatic heterocycles. The molecule has 0 unspecified atom stereocenters. The number of urea groups is 1. The van der Waals surface area contributed by atoms with E-state index in [2.05, 4.69) is 25.6 Å². The number of pyridine rings is 1. The predicted molar refractivity (Wildman–Crippen MR) is 110 cm³/mol. The van der Waals surface area contributed by atoms with Crippen LogP contribution in [0.2, 0.25) is 0 Å². The first-order valence-electron chi connectivity index (χ1n) is 8.89. The van der Waals surface area contributed by atoms with Crippen LogP contribution < -0.4 is 24.8 Å². The van der Waals surface area contributed by atoms with E-state index in [1.165, 1.54) is 39.5 Å². The van der Waals surface area contributed by atoms with Crippen molar-refractivity contribution in [1.29, 1.82) is 0 Å². The molecule has 0 saturated carbocycles. The van der Waals surface area contributed by atoms with Crippen molar-refractivity contribution in [1.82, 2.24) is 15.0 Å². The van der Waals surface area contributed by atoms with Gasteiger partial charge < -0.3 is 24.3 Å². The number of methoxy groups -OCH3 is 3. The number of hydrogen-bond acceptors (Lipinski definition) is 9. The summed E-state index contributed by atoms with van der Waals surface area (Å²) in [5.41, 5.74) is 0.405. The lowest BCUT2D eigenvalue weighted by Gasteiger charge is -2.12. The zero-order valence-electron chi connectivity index (χ0n) is 16.9. The molecule has 160 valence electrons. The molecular formula is C20H19N5O6. The number of hydrogen-bond donors (Lipinski definition) is 2. The van der Waals surface area contributed by atoms with Gasteiger partial charge in [0.2, 0.25) is 11.8 Å². The highest BCUT2D eigenvalue weighted by molar-refractivity contribution is 5.99. The second-order valence-electron chi connectivity index (χ2n) is 5.82. The summed E-state index contributed by atoms with van der Waals surface area (Å²) in [7, 11) is 4.04. The number of nitrogens with one attached hydrogen (secondary N) is 2. The standard InChI is InChI=1S/C20H19N5O6/c1-28-15-11-16(29-2)25-20(24-15)31-13-9-10-14(22-17(13)18(26)30-3)23-19(27)21-12-7-5-4-6-8-12/h4-11H,1-3H3,(H2,21,22,23,27). The number of amides is 2. The number of para-hydroxylation sites is 1. The first-order chi connectivity index (χ1) is 15.0. The average molecular weight is 425 g/mol. The first kappa shape index (κ1) is 21.3. The van der Waals surface area contributed by atoms with Crippen LogP contribution in [0.1, 0.15) is 10.5 Å². The molecule has 2 N–H and O–H groups in total. The Balaban J connectivity index is 1.83. The van der Waals surface area contributed by atoms with E-state index in [1.807, 2.05) is 6.07 Å². The summed E-state index contributed by atoms with van der Waals surface area (Å²) in [6, 6.07) is 12.5. The van der Waals surface area contributed by atoms with Gasteiger partial charge in [0, 0.05) is 5.69 Å². The Kier molecular flexibility index (Phi) is 6.78. The maximum Gasteiger partial charge on any atom is 0.360 e. The fraction of sp³-hybridized carbons (Fsp3) is 0.150. The fourth-order valence-corrected chi connectivity index (χ4v) is 2.38. The molecular weight excluding hydrogens is 406 g/mol. The summed E-state index contributed by atoms with van der Waals surface area (Å²) < 4.78 is 20.5. The second-order valence-corrected chi connectivity index (χ2v) is 5.82. The number of anilines is 2. The van der Waals surface area contributed by atoms with Crippen LogP contribution in [-0.2, 0) is 4.74 Å². The molecule has 0 aliphatic carbocycles. The molecule has 2 heterocycles. The van der Waals surface area contributed by atoms with E-state index < -0.39 is 12.0 Å². The summed E-state index contributed by atoms with van der Waals surface area (Å²) in [4.78, 5) is 36.6. The number of aromatic nitrogens is 3. The minimum absolute atomic E-state index is 0.0103. The van der Waals surface area contributed by atoms with Gasteiger partial charge in [-0.25, -0.2) is 14.6 Å². The molecule has 11 heteroatoms. The summed E-state index contributed by atoms with van der Waals surface area (Å²) in [6.07, 6.45) is 0. The number of carbonyl (C=O) groups is 2. The Bertz CT molecular complexity index is 1050. The highest BCUT2D eigenvalue weighted by Crippen LogP contribution is 2.27. The smallest absolute Gasteiger partial charge is 0.360 e. The molecule has 0 bridgehead atoms. The molecule has 0 atom stereocenters. The van der Waals surface area contributed by atoms with Crippen molar-refractivity contribution in [3.05, 3.63) is 54.2 Å². The van der Waals surface area contributed by atoms with E-state index in [1.54, 1.807) is 24.3 Å². The van der Waals surface area contributed by atoms with Crippen molar-refractivity contribution in [3.63, 3.8) is 0 Å². The summed E-state index contributed by atoms with van der Waals surface area (Å²) >= 11 is 0. The molecule has 0 aliphatic rings. The Morgan fingerprint density at radius 2 is 1.52 bits per heavy atom. The van der Waals surface area contributed by atoms with E-state index in [4.69, 9.17) is 18.9 Å². The monoisotopic (exact) mass is 425 g/mol. The Hall–Kier alpha value is -4.41. The molecule has 0 spiro atoms. The Morgan fingerprint density at radius 1 is 0.839 bits per heavy atom. The molecule has 0 aliphatic heterocycles. The van der Waals surface area contributed by atoms with Crippen LogP contribution in [0, 0.1) is 0 Å². The second kappa shape index (κ2) is 9.87. The van der Waals surface area contributed by atoms with Crippen LogP contribution in [0.3, 0.4) is 0 Å². The third kappa shape index (κ3) is 5.56. The maximum absolute atomic E-state index is 12.2. The minimum Gasteiger partial charge on any atom is -0.481 e. The molecule has 11 nitrogen and oxygen atoms in total. The van der Waals surface area contributed by atoms with E-state index in [9.17, 15) is 9.59 Å². The van der Waals surface area contributed by atoms with Gasteiger partial charge in [-0.3, -0.25) is 5.32 Å². The first-order valence-corrected chi connectivity index (χ1v) is 8.89. The SMILES string of the molecule is COC(=O)c1nc(NC(=O)Nc2ccccc2)ccc1Oc1nc(OC)cc(OC)n1. The topological polar surface area (TPSA) is 134 Å². The molecule has 0 saturated heterocycles. The zero-order chi connectivity index (χ0) is 22.2. The van der Waals surface area contributed by atoms with Crippen molar-refractivity contribution in [3.8, 4) is 23.5 Å². The van der Waals surface area contributed by atoms with Gasteiger partial charge in [-0.2, -0.15) is 9.97 Å². The fourth-order valence-electron chi connectivity index (χ4n) is 2.38. The highest BCUT2D eigenvalue weighted by Gasteiger charge is 2.19. The summed E-state index contributed by atoms with van der Waals surface area (Å²) in [5.74, 6) is -0.269. The predicted octanol–water partition coefficient (Wildman–Crippen LogP) is 3.11. The third-order valence-electron chi connectivity index (χ3n) is 3.79. The number of nitrogens with zero attached hydrogens (tertiary/aromatic N) is 3. The Labute approximate surface area is 177 Å². The maximum atomic E-state index is 12.2. The van der Waals surface area contributed by atoms with E-state index in [0.717, 1.165) is 0 Å². The van der Waals surface area contributed by atoms with Crippen LogP contribution in [0.5, 0.6) is 23.5 Å². The van der Waals surface area contributed by atoms with Crippen molar-refractivity contribution in [2.75, 3.05) is 32.0 Å². The van der Waals surface area contributed by atoms with Gasteiger partial charge in [0.15, 0.2) is 11.4 Å². The van der Waals surface area contributed by atoms with Crippen LogP contribution in [0.25, 0.3) is 0 Å². The Morgan fingerprint density at radius 3 is 2.13 bits per heavy atom. The van der Waals surface area contributed by atoms with Crippen molar-refractivity contribution >= 4 is 23.5 Å². The highest BCUT2D eigenvalue weighted by atomic mass is 16.5. The lowest BCUT2D eigenvalue weighted by atomic mass is 10.3. The van der Waals surface area contributed by atoms with Gasteiger partial charge in [0.1, 0.15) is 5.82 Å². The number of ether oxygens (including phenoxy) is 4. The number of benzene rings is 1. The normalized spacial score (nSPS) is 10.0. The zero-order valence-corrected chi connectivity index (χ0v) is 16.9. The molecule has 0 fully saturated rings. The minimum atomic E-state index is -0.781. The molecule has 0 radical (unpaired) electrons. The van der Waals surface area contributed by atoms with Gasteiger partial charge in [0.05, 0.1) is 27.4 Å². The van der Waals surface area contributed by atoms with Gasteiger partial charge in [-0.15, -0.1) is 0 Å². The van der Waals surface area contributed by atoms with E-state index in [-0.39, 0.29) is 35.0 Å². The van der Waals surface area contributed by atoms with Crippen molar-refractivity contribution in [2.24, 2.45) is 0 Å². The molecule has 1 aromatic carbocycles.